The number of oxime groups is 1. The van der Waals surface area contributed by atoms with Crippen LogP contribution >= 0.6 is 34.9 Å². The number of carboxylic acid groups (broad SMARTS) is 1. The van der Waals surface area contributed by atoms with Crippen LogP contribution in [0.25, 0.3) is 0 Å². The number of carbonyl (C=O) groups is 3. The van der Waals surface area contributed by atoms with Crippen molar-refractivity contribution in [2.45, 2.75) is 48.0 Å². The molecule has 0 aromatic carbocycles. The van der Waals surface area contributed by atoms with Crippen LogP contribution in [0.15, 0.2) is 51.2 Å². The summed E-state index contributed by atoms with van der Waals surface area (Å²) in [5, 5.41) is 19.7. The Balaban J connectivity index is 1.23. The number of pyridine rings is 1. The van der Waals surface area contributed by atoms with Crippen LogP contribution in [0.1, 0.15) is 31.4 Å². The Hall–Kier alpha value is -3.30. The lowest BCUT2D eigenvalue weighted by Gasteiger charge is -2.50. The van der Waals surface area contributed by atoms with Crippen molar-refractivity contribution in [1.82, 2.24) is 15.2 Å². The number of hydrogen-bond donors (Lipinski definition) is 3. The van der Waals surface area contributed by atoms with E-state index >= 15 is 0 Å². The highest BCUT2D eigenvalue weighted by Gasteiger charge is 2.53. The van der Waals surface area contributed by atoms with Gasteiger partial charge >= 0.3 is 0 Å². The number of nitrogens with one attached hydrogen (secondary N) is 2. The first kappa shape index (κ1) is 27.3. The molecule has 2 aromatic heterocycles. The minimum atomic E-state index is -1.42. The second kappa shape index (κ2) is 11.8. The molecule has 2 fully saturated rings. The van der Waals surface area contributed by atoms with Crippen LogP contribution in [0.2, 0.25) is 0 Å². The van der Waals surface area contributed by atoms with E-state index in [2.05, 4.69) is 20.9 Å². The third-order valence-corrected chi connectivity index (χ3v) is 9.70. The topological polar surface area (TPSA) is 166 Å². The predicted molar refractivity (Wildman–Crippen MR) is 146 cm³/mol. The predicted octanol–water partition coefficient (Wildman–Crippen LogP) is 0.0456. The molecule has 206 valence electrons. The smallest absolute Gasteiger partial charge is 0.276 e. The van der Waals surface area contributed by atoms with Crippen molar-refractivity contribution >= 4 is 63.5 Å². The Kier molecular flexibility index (Phi) is 8.28. The summed E-state index contributed by atoms with van der Waals surface area (Å²) >= 11 is 4.01. The standard InChI is InChI=1S/C24H27N7O5S3/c1-36-29-17(16-12-39-24(25)26-16)20(32)27-18-21(33)31-19(23(34)35)13(11-38-22(18)31)10-37-15-6-8-30(9-7-15)28-14-4-2-3-5-14/h6-9,12,14,18,22,28H,2-5,10-11H2,1H3,(H3-,25,26,27,32,34,35)/b29-17-/t18-,22-/m1/s1. The van der Waals surface area contributed by atoms with Crippen molar-refractivity contribution in [1.29, 1.82) is 0 Å². The fraction of sp³-hybridized carbons (Fsp3) is 0.417. The number of β-lactam (4-membered cyclic amide) rings is 1. The highest BCUT2D eigenvalue weighted by molar-refractivity contribution is 8.01. The molecule has 2 aromatic rings. The molecule has 4 heterocycles. The first-order valence-corrected chi connectivity index (χ1v) is 15.2. The Morgan fingerprint density at radius 3 is 2.72 bits per heavy atom. The van der Waals surface area contributed by atoms with E-state index in [0.717, 1.165) is 16.2 Å². The molecule has 1 saturated heterocycles. The minimum absolute atomic E-state index is 0.131. The first-order valence-electron chi connectivity index (χ1n) is 12.3. The summed E-state index contributed by atoms with van der Waals surface area (Å²) in [5.41, 5.74) is 9.68. The monoisotopic (exact) mass is 589 g/mol. The van der Waals surface area contributed by atoms with E-state index in [0.29, 0.717) is 23.1 Å². The molecule has 12 nitrogen and oxygen atoms in total. The molecule has 1 saturated carbocycles. The summed E-state index contributed by atoms with van der Waals surface area (Å²) in [6, 6.07) is 3.50. The van der Waals surface area contributed by atoms with Gasteiger partial charge in [0.05, 0.1) is 17.7 Å². The van der Waals surface area contributed by atoms with E-state index in [1.807, 2.05) is 29.2 Å². The molecule has 0 unspecified atom stereocenters. The van der Waals surface area contributed by atoms with Crippen molar-refractivity contribution in [3.8, 4) is 0 Å². The van der Waals surface area contributed by atoms with Gasteiger partial charge in [-0.15, -0.1) is 34.9 Å². The van der Waals surface area contributed by atoms with Crippen molar-refractivity contribution in [2.75, 3.05) is 29.8 Å². The number of fused-ring (bicyclic) bond motifs is 1. The number of anilines is 1. The summed E-state index contributed by atoms with van der Waals surface area (Å²) in [6.45, 7) is 0. The summed E-state index contributed by atoms with van der Waals surface area (Å²) in [5.74, 6) is -1.85. The summed E-state index contributed by atoms with van der Waals surface area (Å²) in [7, 11) is 1.28. The molecule has 15 heteroatoms. The van der Waals surface area contributed by atoms with Crippen LogP contribution in [-0.4, -0.2) is 69.5 Å². The molecule has 0 radical (unpaired) electrons. The van der Waals surface area contributed by atoms with Crippen LogP contribution in [0.3, 0.4) is 0 Å². The van der Waals surface area contributed by atoms with Gasteiger partial charge < -0.3 is 25.8 Å². The number of carbonyl (C=O) groups excluding carboxylic acids is 3. The molecule has 0 spiro atoms. The number of aromatic nitrogens is 2. The van der Waals surface area contributed by atoms with Gasteiger partial charge in [-0.2, -0.15) is 5.43 Å². The molecule has 2 aliphatic heterocycles. The maximum atomic E-state index is 13.0. The van der Waals surface area contributed by atoms with Crippen molar-refractivity contribution in [3.05, 3.63) is 46.9 Å². The first-order chi connectivity index (χ1) is 18.9. The fourth-order valence-corrected chi connectivity index (χ4v) is 7.63. The van der Waals surface area contributed by atoms with Gasteiger partial charge in [-0.3, -0.25) is 14.5 Å². The van der Waals surface area contributed by atoms with E-state index < -0.39 is 29.2 Å². The summed E-state index contributed by atoms with van der Waals surface area (Å²) in [4.78, 5) is 49.0. The van der Waals surface area contributed by atoms with E-state index in [1.165, 1.54) is 61.2 Å². The Labute approximate surface area is 237 Å². The second-order valence-corrected chi connectivity index (χ2v) is 12.2. The molecule has 4 N–H and O–H groups in total. The van der Waals surface area contributed by atoms with Gasteiger partial charge in [0.2, 0.25) is 12.4 Å². The van der Waals surface area contributed by atoms with E-state index in [1.54, 1.807) is 5.38 Å². The zero-order valence-corrected chi connectivity index (χ0v) is 23.4. The van der Waals surface area contributed by atoms with Crippen LogP contribution in [0.5, 0.6) is 0 Å². The number of aliphatic carboxylic acids is 1. The van der Waals surface area contributed by atoms with Gasteiger partial charge in [0.25, 0.3) is 11.8 Å². The van der Waals surface area contributed by atoms with Crippen LogP contribution in [0, 0.1) is 0 Å². The summed E-state index contributed by atoms with van der Waals surface area (Å²) < 4.78 is 1.95. The molecule has 5 rings (SSSR count). The molecule has 0 bridgehead atoms. The number of thiazole rings is 1. The Morgan fingerprint density at radius 1 is 1.33 bits per heavy atom. The average Bonchev–Trinajstić information content (AvgIpc) is 3.60. The molecular formula is C24H27N7O5S3. The zero-order chi connectivity index (χ0) is 27.5. The summed E-state index contributed by atoms with van der Waals surface area (Å²) in [6.07, 6.45) is 8.74. The maximum absolute atomic E-state index is 13.0. The van der Waals surface area contributed by atoms with Crippen LogP contribution < -0.4 is 26.3 Å². The minimum Gasteiger partial charge on any atom is -0.543 e. The van der Waals surface area contributed by atoms with Crippen molar-refractivity contribution in [3.63, 3.8) is 0 Å². The number of amides is 2. The van der Waals surface area contributed by atoms with E-state index in [-0.39, 0.29) is 22.2 Å². The molecule has 1 aliphatic carbocycles. The number of carboxylic acids is 1. The van der Waals surface area contributed by atoms with Gasteiger partial charge in [0.15, 0.2) is 10.8 Å². The lowest BCUT2D eigenvalue weighted by atomic mass is 10.0. The quantitative estimate of drug-likeness (QED) is 0.113. The van der Waals surface area contributed by atoms with Crippen molar-refractivity contribution in [2.24, 2.45) is 5.16 Å². The van der Waals surface area contributed by atoms with Crippen LogP contribution in [0.4, 0.5) is 5.13 Å². The number of thioether (sulfide) groups is 2. The highest BCUT2D eigenvalue weighted by Crippen LogP contribution is 2.41. The number of nitrogen functional groups attached to an aromatic ring is 1. The van der Waals surface area contributed by atoms with Gasteiger partial charge in [-0.05, 0) is 18.4 Å². The van der Waals surface area contributed by atoms with Gasteiger partial charge in [-0.25, -0.2) is 4.98 Å². The number of rotatable bonds is 10. The number of nitrogens with zero attached hydrogens (tertiary/aromatic N) is 4. The molecule has 39 heavy (non-hydrogen) atoms. The van der Waals surface area contributed by atoms with Crippen LogP contribution in [-0.2, 0) is 19.2 Å². The SMILES string of the molecule is CO/N=C(\C(=O)N[C@@H]1C(=O)N2C(C(=O)[O-])=C(CSc3cc[n+](NC4CCCC4)cc3)CS[C@H]12)c1csc(N)n1. The van der Waals surface area contributed by atoms with Gasteiger partial charge in [-0.1, -0.05) is 22.7 Å². The highest BCUT2D eigenvalue weighted by atomic mass is 32.2. The maximum Gasteiger partial charge on any atom is 0.276 e. The average molecular weight is 590 g/mol. The van der Waals surface area contributed by atoms with E-state index in [9.17, 15) is 19.5 Å². The van der Waals surface area contributed by atoms with E-state index in [4.69, 9.17) is 10.6 Å². The fourth-order valence-electron chi connectivity index (χ4n) is 4.72. The second-order valence-electron chi connectivity index (χ2n) is 9.13. The Bertz CT molecular complexity index is 1320. The van der Waals surface area contributed by atoms with Gasteiger partial charge in [0, 0.05) is 33.9 Å². The normalized spacial score (nSPS) is 21.4. The molecule has 2 amide bonds. The Morgan fingerprint density at radius 2 is 2.08 bits per heavy atom. The lowest BCUT2D eigenvalue weighted by molar-refractivity contribution is -0.653. The van der Waals surface area contributed by atoms with Gasteiger partial charge in [0.1, 0.15) is 24.2 Å². The third kappa shape index (κ3) is 5.84. The molecule has 2 atom stereocenters. The largest absolute Gasteiger partial charge is 0.543 e. The van der Waals surface area contributed by atoms with Crippen molar-refractivity contribution < 1.29 is 29.0 Å². The third-order valence-electron chi connectivity index (χ3n) is 6.59. The number of hydrogen-bond acceptors (Lipinski definition) is 12. The zero-order valence-electron chi connectivity index (χ0n) is 21.0. The molecule has 3 aliphatic rings. The number of nitrogens with two attached hydrogens (primary N) is 1. The lowest BCUT2D eigenvalue weighted by Crippen LogP contribution is -2.71. The molecular weight excluding hydrogens is 563 g/mol.